The summed E-state index contributed by atoms with van der Waals surface area (Å²) in [5, 5.41) is 23.5. The first-order chi connectivity index (χ1) is 42.5. The highest BCUT2D eigenvalue weighted by Crippen LogP contribution is 2.20. The quantitative estimate of drug-likeness (QED) is 0.0320. The molecule has 0 aliphatic rings. The van der Waals surface area contributed by atoms with Crippen LogP contribution in [0.1, 0.15) is 463 Å². The maximum absolute atomic E-state index is 12.6. The molecule has 0 aromatic heterocycles. The zero-order valence-corrected chi connectivity index (χ0v) is 58.8. The van der Waals surface area contributed by atoms with Crippen molar-refractivity contribution in [1.82, 2.24) is 5.32 Å². The second-order valence-electron chi connectivity index (χ2n) is 27.8. The van der Waals surface area contributed by atoms with Crippen molar-refractivity contribution in [3.05, 3.63) is 12.2 Å². The van der Waals surface area contributed by atoms with Crippen LogP contribution in [0.4, 0.5) is 0 Å². The van der Waals surface area contributed by atoms with E-state index in [1.165, 1.54) is 392 Å². The monoisotopic (exact) mass is 1210 g/mol. The van der Waals surface area contributed by atoms with Crippen molar-refractivity contribution < 1.29 is 24.5 Å². The van der Waals surface area contributed by atoms with E-state index in [2.05, 4.69) is 31.3 Å². The van der Waals surface area contributed by atoms with Crippen LogP contribution in [0.3, 0.4) is 0 Å². The normalized spacial score (nSPS) is 12.5. The summed E-state index contributed by atoms with van der Waals surface area (Å²) in [6.45, 7) is 5.01. The molecule has 0 rings (SSSR count). The SMILES string of the molecule is CCCCCCCCCCCCCCCCCCCCCCCCCCCC(O)C(CO)NC(=O)CCCCCCCCCCCCCCCCCCC/C=C\CCCCCCCCCCCCCCOC(=O)CCCCCCCCCCCCC. The van der Waals surface area contributed by atoms with Gasteiger partial charge in [0.15, 0.2) is 0 Å². The van der Waals surface area contributed by atoms with E-state index in [-0.39, 0.29) is 18.5 Å². The van der Waals surface area contributed by atoms with Crippen molar-refractivity contribution in [2.24, 2.45) is 0 Å². The Balaban J connectivity index is 3.35. The number of esters is 1. The van der Waals surface area contributed by atoms with Crippen LogP contribution in [0.2, 0.25) is 0 Å². The highest BCUT2D eigenvalue weighted by Gasteiger charge is 2.20. The highest BCUT2D eigenvalue weighted by atomic mass is 16.5. The third kappa shape index (κ3) is 71.7. The minimum atomic E-state index is -0.663. The van der Waals surface area contributed by atoms with Crippen molar-refractivity contribution in [2.45, 2.75) is 475 Å². The molecule has 2 atom stereocenters. The lowest BCUT2D eigenvalue weighted by atomic mass is 10.0. The standard InChI is InChI=1S/C80H157NO5/c1-3-5-7-9-11-13-15-16-17-18-19-20-21-31-34-37-40-43-46-49-53-56-60-64-68-72-78(83)77(76-82)81-79(84)73-69-65-61-57-54-50-47-44-41-38-35-32-29-27-25-23-22-24-26-28-30-33-36-39-42-45-48-51-55-59-63-67-71-75-86-80(85)74-70-66-62-58-52-14-12-10-8-6-4-2/h26,28,77-78,82-83H,3-25,27,29-76H2,1-2H3,(H,81,84)/b28-26-. The van der Waals surface area contributed by atoms with Gasteiger partial charge in [-0.1, -0.05) is 411 Å². The van der Waals surface area contributed by atoms with E-state index in [1.54, 1.807) is 0 Å². The van der Waals surface area contributed by atoms with Crippen molar-refractivity contribution >= 4 is 11.9 Å². The molecule has 6 heteroatoms. The van der Waals surface area contributed by atoms with Gasteiger partial charge in [0, 0.05) is 12.8 Å². The minimum absolute atomic E-state index is 0.0196. The highest BCUT2D eigenvalue weighted by molar-refractivity contribution is 5.76. The lowest BCUT2D eigenvalue weighted by molar-refractivity contribution is -0.143. The fourth-order valence-electron chi connectivity index (χ4n) is 13.0. The largest absolute Gasteiger partial charge is 0.466 e. The summed E-state index contributed by atoms with van der Waals surface area (Å²) >= 11 is 0. The molecule has 0 radical (unpaired) electrons. The Bertz CT molecular complexity index is 1300. The van der Waals surface area contributed by atoms with Crippen LogP contribution in [0, 0.1) is 0 Å². The number of allylic oxidation sites excluding steroid dienone is 2. The molecule has 0 fully saturated rings. The van der Waals surface area contributed by atoms with Gasteiger partial charge in [-0.25, -0.2) is 0 Å². The molecule has 3 N–H and O–H groups in total. The van der Waals surface area contributed by atoms with Crippen molar-refractivity contribution in [2.75, 3.05) is 13.2 Å². The number of rotatable bonds is 76. The Morgan fingerprint density at radius 3 is 0.826 bits per heavy atom. The van der Waals surface area contributed by atoms with Gasteiger partial charge >= 0.3 is 5.97 Å². The predicted octanol–water partition coefficient (Wildman–Crippen LogP) is 26.3. The van der Waals surface area contributed by atoms with Crippen LogP contribution < -0.4 is 5.32 Å². The average Bonchev–Trinajstić information content (AvgIpc) is 3.58. The van der Waals surface area contributed by atoms with Crippen LogP contribution in [-0.4, -0.2) is 47.4 Å². The van der Waals surface area contributed by atoms with Gasteiger partial charge in [-0.2, -0.15) is 0 Å². The second kappa shape index (κ2) is 76.1. The summed E-state index contributed by atoms with van der Waals surface area (Å²) < 4.78 is 5.48. The van der Waals surface area contributed by atoms with Gasteiger partial charge in [0.25, 0.3) is 0 Å². The Morgan fingerprint density at radius 1 is 0.314 bits per heavy atom. The van der Waals surface area contributed by atoms with Gasteiger partial charge in [-0.05, 0) is 51.4 Å². The van der Waals surface area contributed by atoms with Crippen molar-refractivity contribution in [1.29, 1.82) is 0 Å². The number of nitrogens with one attached hydrogen (secondary N) is 1. The number of amides is 1. The van der Waals surface area contributed by atoms with E-state index in [0.717, 1.165) is 38.5 Å². The third-order valence-corrected chi connectivity index (χ3v) is 19.1. The number of unbranched alkanes of at least 4 members (excludes halogenated alkanes) is 63. The van der Waals surface area contributed by atoms with Gasteiger partial charge < -0.3 is 20.3 Å². The lowest BCUT2D eigenvalue weighted by Gasteiger charge is -2.22. The second-order valence-corrected chi connectivity index (χ2v) is 27.8. The molecule has 2 unspecified atom stereocenters. The number of carbonyl (C=O) groups excluding carboxylic acids is 2. The maximum atomic E-state index is 12.6. The summed E-state index contributed by atoms with van der Waals surface area (Å²) in [4.78, 5) is 24.6. The molecular formula is C80H157NO5. The number of carbonyl (C=O) groups is 2. The Hall–Kier alpha value is -1.40. The number of aliphatic hydroxyl groups is 2. The molecule has 0 aromatic rings. The van der Waals surface area contributed by atoms with Crippen molar-refractivity contribution in [3.8, 4) is 0 Å². The molecule has 0 saturated heterocycles. The molecule has 0 heterocycles. The molecule has 1 amide bonds. The zero-order valence-electron chi connectivity index (χ0n) is 58.8. The van der Waals surface area contributed by atoms with Crippen LogP contribution in [0.5, 0.6) is 0 Å². The first-order valence-corrected chi connectivity index (χ1v) is 39.9. The van der Waals surface area contributed by atoms with Gasteiger partial charge in [-0.15, -0.1) is 0 Å². The molecule has 0 bridgehead atoms. The van der Waals surface area contributed by atoms with E-state index < -0.39 is 12.1 Å². The van der Waals surface area contributed by atoms with E-state index in [1.807, 2.05) is 0 Å². The van der Waals surface area contributed by atoms with Crippen LogP contribution in [0.25, 0.3) is 0 Å². The van der Waals surface area contributed by atoms with E-state index in [0.29, 0.717) is 25.9 Å². The smallest absolute Gasteiger partial charge is 0.305 e. The average molecular weight is 1210 g/mol. The number of hydrogen-bond donors (Lipinski definition) is 3. The van der Waals surface area contributed by atoms with Gasteiger partial charge in [0.1, 0.15) is 0 Å². The molecule has 0 aliphatic heterocycles. The molecular weight excluding hydrogens is 1050 g/mol. The lowest BCUT2D eigenvalue weighted by Crippen LogP contribution is -2.45. The summed E-state index contributed by atoms with van der Waals surface area (Å²) in [6, 6.07) is -0.540. The number of hydrogen-bond acceptors (Lipinski definition) is 5. The first-order valence-electron chi connectivity index (χ1n) is 39.9. The van der Waals surface area contributed by atoms with E-state index in [4.69, 9.17) is 4.74 Å². The van der Waals surface area contributed by atoms with Crippen LogP contribution in [-0.2, 0) is 14.3 Å². The van der Waals surface area contributed by atoms with Crippen LogP contribution in [0.15, 0.2) is 12.2 Å². The van der Waals surface area contributed by atoms with Gasteiger partial charge in [-0.3, -0.25) is 9.59 Å². The molecule has 6 nitrogen and oxygen atoms in total. The topological polar surface area (TPSA) is 95.9 Å². The molecule has 86 heavy (non-hydrogen) atoms. The van der Waals surface area contributed by atoms with E-state index >= 15 is 0 Å². The summed E-state index contributed by atoms with van der Waals surface area (Å²) in [7, 11) is 0. The number of ether oxygens (including phenoxy) is 1. The Kier molecular flexibility index (Phi) is 74.8. The molecule has 512 valence electrons. The molecule has 0 spiro atoms. The van der Waals surface area contributed by atoms with E-state index in [9.17, 15) is 19.8 Å². The van der Waals surface area contributed by atoms with Gasteiger partial charge in [0.05, 0.1) is 25.4 Å². The molecule has 0 aromatic carbocycles. The third-order valence-electron chi connectivity index (χ3n) is 19.1. The summed E-state index contributed by atoms with van der Waals surface area (Å²) in [5.41, 5.74) is 0. The fraction of sp³-hybridized carbons (Fsp3) is 0.950. The Morgan fingerprint density at radius 2 is 0.547 bits per heavy atom. The predicted molar refractivity (Wildman–Crippen MR) is 380 cm³/mol. The maximum Gasteiger partial charge on any atom is 0.305 e. The molecule has 0 saturated carbocycles. The number of aliphatic hydroxyl groups excluding tert-OH is 2. The zero-order chi connectivity index (χ0) is 62.0. The first kappa shape index (κ1) is 84.6. The minimum Gasteiger partial charge on any atom is -0.466 e. The summed E-state index contributed by atoms with van der Waals surface area (Å²) in [5.74, 6) is -0.00593. The van der Waals surface area contributed by atoms with Crippen LogP contribution >= 0.6 is 0 Å². The van der Waals surface area contributed by atoms with Crippen molar-refractivity contribution in [3.63, 3.8) is 0 Å². The molecule has 0 aliphatic carbocycles. The fourth-order valence-corrected chi connectivity index (χ4v) is 13.0. The summed E-state index contributed by atoms with van der Waals surface area (Å²) in [6.07, 6.45) is 96.0. The van der Waals surface area contributed by atoms with Gasteiger partial charge in [0.2, 0.25) is 5.91 Å². The Labute approximate surface area is 539 Å².